The minimum absolute atomic E-state index is 0.0849. The Morgan fingerprint density at radius 2 is 2.14 bits per heavy atom. The van der Waals surface area contributed by atoms with Crippen molar-refractivity contribution < 1.29 is 32.3 Å². The second-order valence-corrected chi connectivity index (χ2v) is 8.52. The molecule has 2 fully saturated rings. The largest absolute Gasteiger partial charge is 0.454 e. The van der Waals surface area contributed by atoms with Crippen molar-refractivity contribution in [3.05, 3.63) is 28.8 Å². The number of carbonyl (C=O) groups is 3. The van der Waals surface area contributed by atoms with Crippen molar-refractivity contribution in [2.75, 3.05) is 17.7 Å². The van der Waals surface area contributed by atoms with Gasteiger partial charge in [-0.2, -0.15) is 13.2 Å². The Morgan fingerprint density at radius 1 is 1.43 bits per heavy atom. The zero-order chi connectivity index (χ0) is 20.7. The molecule has 0 aromatic heterocycles. The summed E-state index contributed by atoms with van der Waals surface area (Å²) in [4.78, 5) is 37.3. The van der Waals surface area contributed by atoms with E-state index in [0.717, 1.165) is 12.1 Å². The number of fused-ring (bicyclic) bond motifs is 1. The van der Waals surface area contributed by atoms with Gasteiger partial charge in [-0.1, -0.05) is 11.6 Å². The summed E-state index contributed by atoms with van der Waals surface area (Å²) in [6, 6.07) is 1.72. The van der Waals surface area contributed by atoms with Crippen molar-refractivity contribution >= 4 is 46.8 Å². The maximum atomic E-state index is 12.8. The van der Waals surface area contributed by atoms with Crippen LogP contribution >= 0.6 is 23.4 Å². The molecule has 0 unspecified atom stereocenters. The highest BCUT2D eigenvalue weighted by Crippen LogP contribution is 2.47. The summed E-state index contributed by atoms with van der Waals surface area (Å²) in [5.41, 5.74) is -1.21. The van der Waals surface area contributed by atoms with Gasteiger partial charge in [-0.3, -0.25) is 9.59 Å². The zero-order valence-electron chi connectivity index (χ0n) is 14.6. The molecule has 3 rings (SSSR count). The van der Waals surface area contributed by atoms with Crippen molar-refractivity contribution in [3.8, 4) is 0 Å². The van der Waals surface area contributed by atoms with Gasteiger partial charge in [0.05, 0.1) is 21.1 Å². The number of benzene rings is 1. The summed E-state index contributed by atoms with van der Waals surface area (Å²) in [5.74, 6) is -1.34. The second-order valence-electron chi connectivity index (χ2n) is 6.61. The topological polar surface area (TPSA) is 75.7 Å². The average molecular weight is 437 g/mol. The van der Waals surface area contributed by atoms with Gasteiger partial charge >= 0.3 is 12.1 Å². The normalized spacial score (nSPS) is 24.2. The molecule has 11 heteroatoms. The molecule has 2 atom stereocenters. The number of nitrogens with zero attached hydrogens (tertiary/aromatic N) is 1. The third kappa shape index (κ3) is 4.07. The summed E-state index contributed by atoms with van der Waals surface area (Å²) in [6.07, 6.45) is -3.61. The molecule has 0 saturated carbocycles. The Hall–Kier alpha value is -1.94. The maximum Gasteiger partial charge on any atom is 0.416 e. The van der Waals surface area contributed by atoms with Crippen molar-refractivity contribution in [2.24, 2.45) is 0 Å². The minimum atomic E-state index is -4.59. The van der Waals surface area contributed by atoms with Crippen LogP contribution in [-0.4, -0.2) is 46.0 Å². The van der Waals surface area contributed by atoms with E-state index < -0.39 is 41.1 Å². The molecule has 2 aliphatic rings. The van der Waals surface area contributed by atoms with E-state index in [1.165, 1.54) is 16.7 Å². The summed E-state index contributed by atoms with van der Waals surface area (Å²) in [7, 11) is 0. The van der Waals surface area contributed by atoms with E-state index in [4.69, 9.17) is 16.3 Å². The van der Waals surface area contributed by atoms with Crippen LogP contribution in [0.3, 0.4) is 0 Å². The Bertz CT molecular complexity index is 835. The lowest BCUT2D eigenvalue weighted by Gasteiger charge is -2.29. The number of thioether (sulfide) groups is 1. The molecule has 2 saturated heterocycles. The highest BCUT2D eigenvalue weighted by Gasteiger charge is 2.53. The lowest BCUT2D eigenvalue weighted by Crippen LogP contribution is -2.47. The van der Waals surface area contributed by atoms with Crippen LogP contribution < -0.4 is 5.32 Å². The van der Waals surface area contributed by atoms with Crippen LogP contribution in [0, 0.1) is 0 Å². The van der Waals surface area contributed by atoms with Gasteiger partial charge in [0, 0.05) is 12.2 Å². The fourth-order valence-corrected chi connectivity index (χ4v) is 4.79. The second kappa shape index (κ2) is 7.47. The lowest BCUT2D eigenvalue weighted by molar-refractivity contribution is -0.155. The van der Waals surface area contributed by atoms with E-state index in [1.54, 1.807) is 0 Å². The monoisotopic (exact) mass is 436 g/mol. The molecule has 1 aromatic rings. The third-order valence-corrected chi connectivity index (χ3v) is 6.46. The molecule has 1 N–H and O–H groups in total. The van der Waals surface area contributed by atoms with Gasteiger partial charge in [0.25, 0.3) is 5.91 Å². The van der Waals surface area contributed by atoms with Crippen LogP contribution in [-0.2, 0) is 25.3 Å². The number of carbonyl (C=O) groups excluding carboxylic acids is 3. The molecule has 152 valence electrons. The minimum Gasteiger partial charge on any atom is -0.454 e. The quantitative estimate of drug-likeness (QED) is 0.733. The van der Waals surface area contributed by atoms with E-state index in [1.807, 2.05) is 6.92 Å². The van der Waals surface area contributed by atoms with Gasteiger partial charge in [-0.25, -0.2) is 4.79 Å². The smallest absolute Gasteiger partial charge is 0.416 e. The SMILES string of the molecule is C[C@@]12CCC(=O)N1[C@H](C(=O)OCC(=O)Nc1cc(C(F)(F)F)ccc1Cl)CS2. The summed E-state index contributed by atoms with van der Waals surface area (Å²) in [6.45, 7) is 1.17. The molecule has 2 aliphatic heterocycles. The van der Waals surface area contributed by atoms with Gasteiger partial charge in [0.1, 0.15) is 6.04 Å². The fraction of sp³-hybridized carbons (Fsp3) is 0.471. The van der Waals surface area contributed by atoms with E-state index >= 15 is 0 Å². The Morgan fingerprint density at radius 3 is 2.82 bits per heavy atom. The molecule has 0 spiro atoms. The van der Waals surface area contributed by atoms with Gasteiger partial charge in [-0.15, -0.1) is 11.8 Å². The number of hydrogen-bond donors (Lipinski definition) is 1. The number of esters is 1. The number of rotatable bonds is 4. The van der Waals surface area contributed by atoms with Crippen LogP contribution in [0.15, 0.2) is 18.2 Å². The Kier molecular flexibility index (Phi) is 5.55. The number of halogens is 4. The summed E-state index contributed by atoms with van der Waals surface area (Å²) in [5, 5.41) is 2.11. The van der Waals surface area contributed by atoms with Crippen molar-refractivity contribution in [1.29, 1.82) is 0 Å². The number of anilines is 1. The van der Waals surface area contributed by atoms with Crippen molar-refractivity contribution in [2.45, 2.75) is 36.9 Å². The highest BCUT2D eigenvalue weighted by atomic mass is 35.5. The van der Waals surface area contributed by atoms with E-state index in [9.17, 15) is 27.6 Å². The van der Waals surface area contributed by atoms with Crippen LogP contribution in [0.4, 0.5) is 18.9 Å². The first-order chi connectivity index (χ1) is 13.0. The molecule has 0 aliphatic carbocycles. The van der Waals surface area contributed by atoms with Crippen LogP contribution in [0.1, 0.15) is 25.3 Å². The summed E-state index contributed by atoms with van der Waals surface area (Å²) < 4.78 is 43.3. The van der Waals surface area contributed by atoms with Crippen LogP contribution in [0.25, 0.3) is 0 Å². The first-order valence-electron chi connectivity index (χ1n) is 8.30. The molecule has 1 aromatic carbocycles. The highest BCUT2D eigenvalue weighted by molar-refractivity contribution is 8.01. The van der Waals surface area contributed by atoms with Gasteiger partial charge in [0.15, 0.2) is 6.61 Å². The number of nitrogens with one attached hydrogen (secondary N) is 1. The lowest BCUT2D eigenvalue weighted by atomic mass is 10.2. The standard InChI is InChI=1S/C17H16ClF3N2O4S/c1-16-5-4-14(25)23(16)12(8-28-16)15(26)27-7-13(24)22-11-6-9(17(19,20)21)2-3-10(11)18/h2-3,6,12H,4-5,7-8H2,1H3,(H,22,24)/t12-,16+/m0/s1. The van der Waals surface area contributed by atoms with Gasteiger partial charge in [0.2, 0.25) is 5.91 Å². The van der Waals surface area contributed by atoms with Crippen molar-refractivity contribution in [1.82, 2.24) is 4.90 Å². The Labute approximate surface area is 167 Å². The van der Waals surface area contributed by atoms with E-state index in [-0.39, 0.29) is 16.6 Å². The maximum absolute atomic E-state index is 12.8. The van der Waals surface area contributed by atoms with Crippen LogP contribution in [0.2, 0.25) is 5.02 Å². The molecule has 6 nitrogen and oxygen atoms in total. The molecule has 2 amide bonds. The number of alkyl halides is 3. The van der Waals surface area contributed by atoms with E-state index in [0.29, 0.717) is 24.7 Å². The van der Waals surface area contributed by atoms with Crippen LogP contribution in [0.5, 0.6) is 0 Å². The van der Waals surface area contributed by atoms with Gasteiger partial charge in [-0.05, 0) is 31.5 Å². The Balaban J connectivity index is 1.59. The molecule has 2 heterocycles. The first-order valence-corrected chi connectivity index (χ1v) is 9.67. The predicted molar refractivity (Wildman–Crippen MR) is 96.8 cm³/mol. The number of amides is 2. The molecule has 28 heavy (non-hydrogen) atoms. The average Bonchev–Trinajstić information content (AvgIpc) is 3.10. The molecular formula is C17H16ClF3N2O4S. The van der Waals surface area contributed by atoms with E-state index in [2.05, 4.69) is 5.32 Å². The fourth-order valence-electron chi connectivity index (χ4n) is 3.21. The third-order valence-electron chi connectivity index (χ3n) is 4.63. The summed E-state index contributed by atoms with van der Waals surface area (Å²) >= 11 is 7.29. The van der Waals surface area contributed by atoms with Gasteiger partial charge < -0.3 is 15.0 Å². The van der Waals surface area contributed by atoms with Crippen molar-refractivity contribution in [3.63, 3.8) is 0 Å². The first kappa shape index (κ1) is 20.8. The molecule has 0 radical (unpaired) electrons. The zero-order valence-corrected chi connectivity index (χ0v) is 16.2. The number of ether oxygens (including phenoxy) is 1. The molecular weight excluding hydrogens is 421 g/mol. The molecule has 0 bridgehead atoms. The number of hydrogen-bond acceptors (Lipinski definition) is 5. The predicted octanol–water partition coefficient (Wildman–Crippen LogP) is 3.29.